The third kappa shape index (κ3) is 4.63. The van der Waals surface area contributed by atoms with Gasteiger partial charge in [-0.05, 0) is 26.4 Å². The molecule has 1 saturated heterocycles. The summed E-state index contributed by atoms with van der Waals surface area (Å²) in [6.07, 6.45) is 2.27. The van der Waals surface area contributed by atoms with Crippen LogP contribution in [0.5, 0.6) is 0 Å². The molecule has 1 heterocycles. The maximum absolute atomic E-state index is 9.11. The third-order valence-corrected chi connectivity index (χ3v) is 3.57. The molecule has 0 saturated carbocycles. The summed E-state index contributed by atoms with van der Waals surface area (Å²) in [6, 6.07) is 2.99. The van der Waals surface area contributed by atoms with E-state index in [9.17, 15) is 0 Å². The molecular formula is C13H26N4. The Bertz CT molecular complexity index is 248. The van der Waals surface area contributed by atoms with Gasteiger partial charge in [0.1, 0.15) is 6.04 Å². The van der Waals surface area contributed by atoms with Crippen LogP contribution in [0.3, 0.4) is 0 Å². The first-order chi connectivity index (χ1) is 8.21. The predicted octanol–water partition coefficient (Wildman–Crippen LogP) is 0.904. The highest BCUT2D eigenvalue weighted by Gasteiger charge is 2.24. The van der Waals surface area contributed by atoms with Crippen molar-refractivity contribution in [2.75, 3.05) is 39.8 Å². The van der Waals surface area contributed by atoms with Crippen molar-refractivity contribution in [1.29, 1.82) is 5.26 Å². The summed E-state index contributed by atoms with van der Waals surface area (Å²) in [5.41, 5.74) is 0. The van der Waals surface area contributed by atoms with Gasteiger partial charge in [-0.2, -0.15) is 5.26 Å². The molecule has 0 amide bonds. The maximum atomic E-state index is 9.11. The summed E-state index contributed by atoms with van der Waals surface area (Å²) >= 11 is 0. The van der Waals surface area contributed by atoms with Gasteiger partial charge in [-0.15, -0.1) is 0 Å². The molecule has 4 heteroatoms. The van der Waals surface area contributed by atoms with Crippen molar-refractivity contribution in [3.8, 4) is 6.07 Å². The van der Waals surface area contributed by atoms with Crippen LogP contribution in [0.1, 0.15) is 26.7 Å². The third-order valence-electron chi connectivity index (χ3n) is 3.57. The molecule has 0 aromatic carbocycles. The number of piperazine rings is 1. The zero-order chi connectivity index (χ0) is 12.7. The Morgan fingerprint density at radius 2 is 2.18 bits per heavy atom. The molecule has 98 valence electrons. The summed E-state index contributed by atoms with van der Waals surface area (Å²) in [4.78, 5) is 4.85. The molecule has 1 fully saturated rings. The zero-order valence-electron chi connectivity index (χ0n) is 11.4. The molecule has 1 aliphatic rings. The fourth-order valence-electron chi connectivity index (χ4n) is 2.34. The van der Waals surface area contributed by atoms with Gasteiger partial charge in [0, 0.05) is 32.2 Å². The molecule has 1 rings (SSSR count). The van der Waals surface area contributed by atoms with Gasteiger partial charge in [0.15, 0.2) is 0 Å². The first-order valence-corrected chi connectivity index (χ1v) is 6.76. The summed E-state index contributed by atoms with van der Waals surface area (Å²) in [7, 11) is 2.20. The first kappa shape index (κ1) is 14.4. The van der Waals surface area contributed by atoms with E-state index < -0.39 is 0 Å². The SMILES string of the molecule is CCCNC(C#N)CN1CCN(C)C(CC)C1. The molecule has 2 unspecified atom stereocenters. The largest absolute Gasteiger partial charge is 0.301 e. The zero-order valence-corrected chi connectivity index (χ0v) is 11.4. The average molecular weight is 238 g/mol. The minimum atomic E-state index is -0.0177. The topological polar surface area (TPSA) is 42.3 Å². The fraction of sp³-hybridized carbons (Fsp3) is 0.923. The molecule has 0 aliphatic carbocycles. The quantitative estimate of drug-likeness (QED) is 0.747. The molecule has 17 heavy (non-hydrogen) atoms. The molecule has 1 aliphatic heterocycles. The number of hydrogen-bond acceptors (Lipinski definition) is 4. The summed E-state index contributed by atoms with van der Waals surface area (Å²) in [5, 5.41) is 12.4. The molecule has 2 atom stereocenters. The van der Waals surface area contributed by atoms with Crippen LogP contribution in [0.4, 0.5) is 0 Å². The van der Waals surface area contributed by atoms with Crippen molar-refractivity contribution < 1.29 is 0 Å². The number of rotatable bonds is 6. The lowest BCUT2D eigenvalue weighted by Gasteiger charge is -2.39. The van der Waals surface area contributed by atoms with E-state index in [1.54, 1.807) is 0 Å². The van der Waals surface area contributed by atoms with E-state index >= 15 is 0 Å². The first-order valence-electron chi connectivity index (χ1n) is 6.76. The number of nitrogens with one attached hydrogen (secondary N) is 1. The van der Waals surface area contributed by atoms with Crippen LogP contribution in [0.2, 0.25) is 0 Å². The number of hydrogen-bond donors (Lipinski definition) is 1. The van der Waals surface area contributed by atoms with E-state index in [-0.39, 0.29) is 6.04 Å². The normalized spacial score (nSPS) is 24.5. The van der Waals surface area contributed by atoms with E-state index in [0.717, 1.165) is 39.1 Å². The Morgan fingerprint density at radius 3 is 2.76 bits per heavy atom. The summed E-state index contributed by atoms with van der Waals surface area (Å²) < 4.78 is 0. The monoisotopic (exact) mass is 238 g/mol. The molecule has 4 nitrogen and oxygen atoms in total. The van der Waals surface area contributed by atoms with Gasteiger partial charge in [-0.3, -0.25) is 4.90 Å². The van der Waals surface area contributed by atoms with Crippen LogP contribution < -0.4 is 5.32 Å². The molecule has 0 radical (unpaired) electrons. The molecule has 0 aromatic rings. The second kappa shape index (κ2) is 7.65. The Balaban J connectivity index is 2.37. The number of nitriles is 1. The van der Waals surface area contributed by atoms with E-state index in [1.165, 1.54) is 6.42 Å². The van der Waals surface area contributed by atoms with Gasteiger partial charge in [-0.25, -0.2) is 0 Å². The highest BCUT2D eigenvalue weighted by atomic mass is 15.3. The lowest BCUT2D eigenvalue weighted by atomic mass is 10.1. The van der Waals surface area contributed by atoms with Gasteiger partial charge >= 0.3 is 0 Å². The van der Waals surface area contributed by atoms with Gasteiger partial charge in [0.25, 0.3) is 0 Å². The maximum Gasteiger partial charge on any atom is 0.108 e. The van der Waals surface area contributed by atoms with Gasteiger partial charge in [0.2, 0.25) is 0 Å². The highest BCUT2D eigenvalue weighted by Crippen LogP contribution is 2.10. The van der Waals surface area contributed by atoms with Crippen LogP contribution >= 0.6 is 0 Å². The minimum absolute atomic E-state index is 0.0177. The van der Waals surface area contributed by atoms with Crippen LogP contribution in [-0.2, 0) is 0 Å². The van der Waals surface area contributed by atoms with E-state index in [0.29, 0.717) is 6.04 Å². The van der Waals surface area contributed by atoms with Crippen LogP contribution in [0.25, 0.3) is 0 Å². The standard InChI is InChI=1S/C13H26N4/c1-4-6-15-12(9-14)10-17-8-7-16(3)13(5-2)11-17/h12-13,15H,4-8,10-11H2,1-3H3. The molecule has 0 spiro atoms. The number of nitrogens with zero attached hydrogens (tertiary/aromatic N) is 3. The van der Waals surface area contributed by atoms with Crippen LogP contribution in [-0.4, -0.2) is 61.7 Å². The smallest absolute Gasteiger partial charge is 0.108 e. The van der Waals surface area contributed by atoms with Crippen molar-refractivity contribution in [3.63, 3.8) is 0 Å². The average Bonchev–Trinajstić information content (AvgIpc) is 2.36. The summed E-state index contributed by atoms with van der Waals surface area (Å²) in [5.74, 6) is 0. The lowest BCUT2D eigenvalue weighted by molar-refractivity contribution is 0.0899. The van der Waals surface area contributed by atoms with E-state index in [1.807, 2.05) is 0 Å². The van der Waals surface area contributed by atoms with Crippen LogP contribution in [0.15, 0.2) is 0 Å². The predicted molar refractivity (Wildman–Crippen MR) is 70.8 cm³/mol. The minimum Gasteiger partial charge on any atom is -0.301 e. The van der Waals surface area contributed by atoms with Crippen molar-refractivity contribution >= 4 is 0 Å². The Hall–Kier alpha value is -0.630. The van der Waals surface area contributed by atoms with Crippen molar-refractivity contribution in [2.24, 2.45) is 0 Å². The molecular weight excluding hydrogens is 212 g/mol. The summed E-state index contributed by atoms with van der Waals surface area (Å²) in [6.45, 7) is 9.46. The Morgan fingerprint density at radius 1 is 1.41 bits per heavy atom. The van der Waals surface area contributed by atoms with Gasteiger partial charge < -0.3 is 10.2 Å². The highest BCUT2D eigenvalue weighted by molar-refractivity contribution is 4.93. The van der Waals surface area contributed by atoms with E-state index in [2.05, 4.69) is 42.1 Å². The lowest BCUT2D eigenvalue weighted by Crippen LogP contribution is -2.54. The van der Waals surface area contributed by atoms with E-state index in [4.69, 9.17) is 5.26 Å². The van der Waals surface area contributed by atoms with Crippen molar-refractivity contribution in [3.05, 3.63) is 0 Å². The number of likely N-dealkylation sites (N-methyl/N-ethyl adjacent to an activating group) is 1. The second-order valence-electron chi connectivity index (χ2n) is 4.94. The Kier molecular flexibility index (Phi) is 6.49. The van der Waals surface area contributed by atoms with Gasteiger partial charge in [0.05, 0.1) is 6.07 Å². The van der Waals surface area contributed by atoms with Gasteiger partial charge in [-0.1, -0.05) is 13.8 Å². The fourth-order valence-corrected chi connectivity index (χ4v) is 2.34. The van der Waals surface area contributed by atoms with Crippen molar-refractivity contribution in [2.45, 2.75) is 38.8 Å². The van der Waals surface area contributed by atoms with Crippen LogP contribution in [0, 0.1) is 11.3 Å². The molecule has 0 bridgehead atoms. The molecule has 1 N–H and O–H groups in total. The molecule has 0 aromatic heterocycles. The van der Waals surface area contributed by atoms with Crippen molar-refractivity contribution in [1.82, 2.24) is 15.1 Å². The Labute approximate surface area is 106 Å². The second-order valence-corrected chi connectivity index (χ2v) is 4.94.